The van der Waals surface area contributed by atoms with E-state index in [2.05, 4.69) is 26.1 Å². The Kier molecular flexibility index (Phi) is 3.46. The van der Waals surface area contributed by atoms with Crippen LogP contribution in [0.25, 0.3) is 0 Å². The molecule has 9 heteroatoms. The van der Waals surface area contributed by atoms with E-state index in [1.165, 1.54) is 15.6 Å². The Morgan fingerprint density at radius 1 is 1.32 bits per heavy atom. The molecule has 0 spiro atoms. The van der Waals surface area contributed by atoms with E-state index in [1.807, 2.05) is 0 Å². The maximum atomic E-state index is 12.4. The summed E-state index contributed by atoms with van der Waals surface area (Å²) >= 11 is 4.52. The summed E-state index contributed by atoms with van der Waals surface area (Å²) in [6, 6.07) is 3.40. The van der Waals surface area contributed by atoms with Crippen molar-refractivity contribution in [2.24, 2.45) is 0 Å². The highest BCUT2D eigenvalue weighted by Gasteiger charge is 2.34. The van der Waals surface area contributed by atoms with E-state index in [0.29, 0.717) is 17.3 Å². The zero-order valence-electron chi connectivity index (χ0n) is 9.81. The molecule has 3 heterocycles. The van der Waals surface area contributed by atoms with Crippen LogP contribution in [0, 0.1) is 0 Å². The number of sulfonamides is 1. The van der Waals surface area contributed by atoms with Gasteiger partial charge in [0, 0.05) is 13.1 Å². The first-order valence-corrected chi connectivity index (χ1v) is 8.73. The van der Waals surface area contributed by atoms with Crippen LogP contribution in [0.15, 0.2) is 32.5 Å². The molecule has 0 bridgehead atoms. The van der Waals surface area contributed by atoms with Crippen molar-refractivity contribution in [3.05, 3.63) is 28.3 Å². The predicted octanol–water partition coefficient (Wildman–Crippen LogP) is 1.74. The number of hydrogen-bond donors (Lipinski definition) is 0. The first-order valence-electron chi connectivity index (χ1n) is 5.68. The monoisotopic (exact) mass is 362 g/mol. The molecule has 0 radical (unpaired) electrons. The summed E-state index contributed by atoms with van der Waals surface area (Å²) in [5.41, 5.74) is 0. The van der Waals surface area contributed by atoms with Gasteiger partial charge in [-0.15, -0.1) is 11.3 Å². The van der Waals surface area contributed by atoms with Crippen LogP contribution in [0.2, 0.25) is 0 Å². The molecule has 1 aliphatic rings. The van der Waals surface area contributed by atoms with E-state index in [1.54, 1.807) is 29.3 Å². The molecule has 1 fully saturated rings. The van der Waals surface area contributed by atoms with Gasteiger partial charge in [0.2, 0.25) is 0 Å². The highest BCUT2D eigenvalue weighted by molar-refractivity contribution is 9.11. The van der Waals surface area contributed by atoms with Crippen LogP contribution in [0.1, 0.15) is 12.5 Å². The lowest BCUT2D eigenvalue weighted by Gasteiger charge is -2.14. The summed E-state index contributed by atoms with van der Waals surface area (Å²) in [5.74, 6) is 0. The quantitative estimate of drug-likeness (QED) is 0.833. The van der Waals surface area contributed by atoms with E-state index in [0.717, 1.165) is 10.2 Å². The fourth-order valence-corrected chi connectivity index (χ4v) is 5.75. The van der Waals surface area contributed by atoms with Gasteiger partial charge in [-0.3, -0.25) is 0 Å². The molecule has 1 saturated heterocycles. The zero-order valence-corrected chi connectivity index (χ0v) is 13.0. The van der Waals surface area contributed by atoms with Crippen LogP contribution in [0.4, 0.5) is 0 Å². The second kappa shape index (κ2) is 4.97. The third-order valence-corrected chi connectivity index (χ3v) is 6.99. The number of aromatic nitrogens is 3. The van der Waals surface area contributed by atoms with Crippen molar-refractivity contribution in [3.63, 3.8) is 0 Å². The van der Waals surface area contributed by atoms with Crippen molar-refractivity contribution in [2.45, 2.75) is 16.7 Å². The van der Waals surface area contributed by atoms with Crippen molar-refractivity contribution in [3.8, 4) is 0 Å². The van der Waals surface area contributed by atoms with E-state index >= 15 is 0 Å². The molecule has 0 N–H and O–H groups in total. The molecule has 19 heavy (non-hydrogen) atoms. The van der Waals surface area contributed by atoms with Gasteiger partial charge in [-0.2, -0.15) is 19.3 Å². The average Bonchev–Trinajstić information content (AvgIpc) is 3.10. The smallest absolute Gasteiger partial charge is 0.206 e. The third kappa shape index (κ3) is 2.47. The largest absolute Gasteiger partial charge is 0.252 e. The molecule has 0 aromatic carbocycles. The van der Waals surface area contributed by atoms with Gasteiger partial charge in [-0.25, -0.2) is 8.42 Å². The molecule has 6 nitrogen and oxygen atoms in total. The SMILES string of the molecule is O=S(=O)(c1ccc(Br)s1)N1CCC(n2nccn2)C1. The van der Waals surface area contributed by atoms with Gasteiger partial charge in [0.05, 0.1) is 22.2 Å². The van der Waals surface area contributed by atoms with Gasteiger partial charge in [0.1, 0.15) is 4.21 Å². The second-order valence-corrected chi connectivity index (χ2v) is 8.84. The van der Waals surface area contributed by atoms with Crippen molar-refractivity contribution in [1.29, 1.82) is 0 Å². The first-order chi connectivity index (χ1) is 9.07. The summed E-state index contributed by atoms with van der Waals surface area (Å²) < 4.78 is 27.5. The number of rotatable bonds is 3. The molecule has 1 unspecified atom stereocenters. The number of halogens is 1. The van der Waals surface area contributed by atoms with Crippen LogP contribution in [-0.4, -0.2) is 40.8 Å². The Bertz CT molecular complexity index is 668. The fraction of sp³-hybridized carbons (Fsp3) is 0.400. The van der Waals surface area contributed by atoms with Crippen LogP contribution in [0.5, 0.6) is 0 Å². The Labute approximate surface area is 123 Å². The van der Waals surface area contributed by atoms with Crippen LogP contribution in [-0.2, 0) is 10.0 Å². The van der Waals surface area contributed by atoms with Crippen molar-refractivity contribution >= 4 is 37.3 Å². The molecule has 2 aromatic heterocycles. The molecular formula is C10H11BrN4O2S2. The van der Waals surface area contributed by atoms with Gasteiger partial charge in [0.25, 0.3) is 10.0 Å². The van der Waals surface area contributed by atoms with Crippen molar-refractivity contribution in [2.75, 3.05) is 13.1 Å². The maximum absolute atomic E-state index is 12.4. The van der Waals surface area contributed by atoms with Crippen LogP contribution >= 0.6 is 27.3 Å². The first kappa shape index (κ1) is 13.2. The number of hydrogen-bond acceptors (Lipinski definition) is 5. The van der Waals surface area contributed by atoms with Gasteiger partial charge in [0.15, 0.2) is 0 Å². The summed E-state index contributed by atoms with van der Waals surface area (Å²) in [4.78, 5) is 1.58. The maximum Gasteiger partial charge on any atom is 0.252 e. The summed E-state index contributed by atoms with van der Waals surface area (Å²) in [7, 11) is -3.39. The van der Waals surface area contributed by atoms with Gasteiger partial charge >= 0.3 is 0 Å². The second-order valence-electron chi connectivity index (χ2n) is 4.21. The highest BCUT2D eigenvalue weighted by atomic mass is 79.9. The lowest BCUT2D eigenvalue weighted by Crippen LogP contribution is -2.29. The average molecular weight is 363 g/mol. The minimum absolute atomic E-state index is 0.0215. The fourth-order valence-electron chi connectivity index (χ4n) is 2.10. The number of thiophene rings is 1. The Morgan fingerprint density at radius 2 is 2.05 bits per heavy atom. The Hall–Kier alpha value is -0.770. The molecule has 1 atom stereocenters. The van der Waals surface area contributed by atoms with Gasteiger partial charge in [-0.05, 0) is 34.5 Å². The van der Waals surface area contributed by atoms with E-state index in [-0.39, 0.29) is 6.04 Å². The van der Waals surface area contributed by atoms with Crippen molar-refractivity contribution < 1.29 is 8.42 Å². The standard InChI is InChI=1S/C10H11BrN4O2S2/c11-9-1-2-10(18-9)19(16,17)14-6-3-8(7-14)15-12-4-5-13-15/h1-2,4-5,8H,3,6-7H2. The minimum atomic E-state index is -3.39. The summed E-state index contributed by atoms with van der Waals surface area (Å²) in [6.45, 7) is 0.927. The lowest BCUT2D eigenvalue weighted by atomic mass is 10.3. The van der Waals surface area contributed by atoms with Crippen LogP contribution < -0.4 is 0 Å². The topological polar surface area (TPSA) is 68.1 Å². The van der Waals surface area contributed by atoms with Crippen molar-refractivity contribution in [1.82, 2.24) is 19.3 Å². The summed E-state index contributed by atoms with van der Waals surface area (Å²) in [5, 5.41) is 8.14. The molecule has 0 saturated carbocycles. The lowest BCUT2D eigenvalue weighted by molar-refractivity contribution is 0.403. The Morgan fingerprint density at radius 3 is 2.68 bits per heavy atom. The van der Waals surface area contributed by atoms with E-state index in [4.69, 9.17) is 0 Å². The van der Waals surface area contributed by atoms with Gasteiger partial charge in [-0.1, -0.05) is 0 Å². The molecule has 3 rings (SSSR count). The van der Waals surface area contributed by atoms with Gasteiger partial charge < -0.3 is 0 Å². The highest BCUT2D eigenvalue weighted by Crippen LogP contribution is 2.31. The predicted molar refractivity (Wildman–Crippen MR) is 74.5 cm³/mol. The molecule has 0 amide bonds. The normalized spacial score (nSPS) is 21.0. The van der Waals surface area contributed by atoms with E-state index in [9.17, 15) is 8.42 Å². The van der Waals surface area contributed by atoms with E-state index < -0.39 is 10.0 Å². The molecule has 1 aliphatic heterocycles. The Balaban J connectivity index is 1.81. The molecule has 0 aliphatic carbocycles. The van der Waals surface area contributed by atoms with Crippen LogP contribution in [0.3, 0.4) is 0 Å². The molecule has 2 aromatic rings. The minimum Gasteiger partial charge on any atom is -0.206 e. The molecular weight excluding hydrogens is 352 g/mol. The number of nitrogens with zero attached hydrogens (tertiary/aromatic N) is 4. The molecule has 102 valence electrons. The zero-order chi connectivity index (χ0) is 13.5. The third-order valence-electron chi connectivity index (χ3n) is 3.03. The summed E-state index contributed by atoms with van der Waals surface area (Å²) in [6.07, 6.45) is 3.95.